The van der Waals surface area contributed by atoms with Gasteiger partial charge in [0.05, 0.1) is 11.1 Å². The summed E-state index contributed by atoms with van der Waals surface area (Å²) >= 11 is 5.84. The molecule has 2 heterocycles. The zero-order chi connectivity index (χ0) is 16.4. The fourth-order valence-electron chi connectivity index (χ4n) is 2.70. The molecule has 1 unspecified atom stereocenters. The second-order valence-electron chi connectivity index (χ2n) is 5.62. The first kappa shape index (κ1) is 15.7. The molecule has 0 radical (unpaired) electrons. The molecule has 23 heavy (non-hydrogen) atoms. The number of esters is 1. The summed E-state index contributed by atoms with van der Waals surface area (Å²) in [7, 11) is 0. The van der Waals surface area contributed by atoms with Gasteiger partial charge in [-0.25, -0.2) is 9.78 Å². The first-order valence-corrected chi connectivity index (χ1v) is 7.98. The number of pyridine rings is 1. The van der Waals surface area contributed by atoms with Crippen molar-refractivity contribution >= 4 is 34.4 Å². The highest BCUT2D eigenvalue weighted by atomic mass is 35.5. The Morgan fingerprint density at radius 1 is 1.22 bits per heavy atom. The zero-order valence-electron chi connectivity index (χ0n) is 12.8. The SMILES string of the molecule is CC(OC(=O)c1ccc2nc(Cl)ccc2c1)C(=O)N1CCCC1. The van der Waals surface area contributed by atoms with Crippen molar-refractivity contribution in [2.45, 2.75) is 25.9 Å². The second-order valence-corrected chi connectivity index (χ2v) is 6.01. The van der Waals surface area contributed by atoms with Gasteiger partial charge in [0, 0.05) is 18.5 Å². The number of hydrogen-bond acceptors (Lipinski definition) is 4. The molecule has 3 rings (SSSR count). The molecule has 0 saturated carbocycles. The van der Waals surface area contributed by atoms with Crippen molar-refractivity contribution in [2.24, 2.45) is 0 Å². The van der Waals surface area contributed by atoms with E-state index in [0.29, 0.717) is 16.2 Å². The maximum atomic E-state index is 12.2. The first-order valence-electron chi connectivity index (χ1n) is 7.61. The average Bonchev–Trinajstić information content (AvgIpc) is 3.07. The van der Waals surface area contributed by atoms with Crippen LogP contribution in [0.1, 0.15) is 30.1 Å². The lowest BCUT2D eigenvalue weighted by Gasteiger charge is -2.20. The minimum atomic E-state index is -0.778. The normalized spacial score (nSPS) is 15.7. The summed E-state index contributed by atoms with van der Waals surface area (Å²) in [5.74, 6) is -0.646. The molecule has 0 spiro atoms. The minimum Gasteiger partial charge on any atom is -0.449 e. The van der Waals surface area contributed by atoms with Gasteiger partial charge in [-0.2, -0.15) is 0 Å². The summed E-state index contributed by atoms with van der Waals surface area (Å²) < 4.78 is 5.31. The number of benzene rings is 1. The number of ether oxygens (including phenoxy) is 1. The van der Waals surface area contributed by atoms with Crippen LogP contribution in [-0.2, 0) is 9.53 Å². The van der Waals surface area contributed by atoms with Crippen LogP contribution in [0.5, 0.6) is 0 Å². The number of aromatic nitrogens is 1. The number of hydrogen-bond donors (Lipinski definition) is 0. The third-order valence-corrected chi connectivity index (χ3v) is 4.15. The van der Waals surface area contributed by atoms with Crippen molar-refractivity contribution < 1.29 is 14.3 Å². The van der Waals surface area contributed by atoms with Gasteiger partial charge < -0.3 is 9.64 Å². The Morgan fingerprint density at radius 2 is 1.96 bits per heavy atom. The molecule has 0 bridgehead atoms. The van der Waals surface area contributed by atoms with Gasteiger partial charge in [-0.1, -0.05) is 11.6 Å². The van der Waals surface area contributed by atoms with E-state index in [-0.39, 0.29) is 5.91 Å². The molecule has 1 aliphatic heterocycles. The second kappa shape index (κ2) is 6.54. The maximum absolute atomic E-state index is 12.2. The van der Waals surface area contributed by atoms with Crippen LogP contribution in [0, 0.1) is 0 Å². The Labute approximate surface area is 139 Å². The average molecular weight is 333 g/mol. The summed E-state index contributed by atoms with van der Waals surface area (Å²) in [5, 5.41) is 1.19. The van der Waals surface area contributed by atoms with Crippen molar-refractivity contribution in [3.8, 4) is 0 Å². The third-order valence-electron chi connectivity index (χ3n) is 3.94. The van der Waals surface area contributed by atoms with E-state index in [1.54, 1.807) is 42.2 Å². The Morgan fingerprint density at radius 3 is 2.70 bits per heavy atom. The van der Waals surface area contributed by atoms with Gasteiger partial charge in [0.25, 0.3) is 5.91 Å². The molecule has 0 aliphatic carbocycles. The number of nitrogens with zero attached hydrogens (tertiary/aromatic N) is 2. The summed E-state index contributed by atoms with van der Waals surface area (Å²) in [6.07, 6.45) is 1.24. The number of carbonyl (C=O) groups excluding carboxylic acids is 2. The predicted molar refractivity (Wildman–Crippen MR) is 87.4 cm³/mol. The Kier molecular flexibility index (Phi) is 4.48. The molecule has 1 atom stereocenters. The number of fused-ring (bicyclic) bond motifs is 1. The Balaban J connectivity index is 1.72. The van der Waals surface area contributed by atoms with Crippen molar-refractivity contribution in [2.75, 3.05) is 13.1 Å². The summed E-state index contributed by atoms with van der Waals surface area (Å²) in [5.41, 5.74) is 1.10. The van der Waals surface area contributed by atoms with E-state index < -0.39 is 12.1 Å². The lowest BCUT2D eigenvalue weighted by molar-refractivity contribution is -0.138. The van der Waals surface area contributed by atoms with E-state index in [4.69, 9.17) is 16.3 Å². The highest BCUT2D eigenvalue weighted by Gasteiger charge is 2.26. The number of halogens is 1. The molecule has 0 N–H and O–H groups in total. The molecule has 5 nitrogen and oxygen atoms in total. The standard InChI is InChI=1S/C17H17ClN2O3/c1-11(16(21)20-8-2-3-9-20)23-17(22)13-4-6-14-12(10-13)5-7-15(18)19-14/h4-7,10-11H,2-3,8-9H2,1H3. The summed E-state index contributed by atoms with van der Waals surface area (Å²) in [6, 6.07) is 8.48. The molecule has 6 heteroatoms. The fourth-order valence-corrected chi connectivity index (χ4v) is 2.86. The van der Waals surface area contributed by atoms with Crippen LogP contribution in [0.4, 0.5) is 0 Å². The molecular weight excluding hydrogens is 316 g/mol. The van der Waals surface area contributed by atoms with E-state index in [1.807, 2.05) is 0 Å². The predicted octanol–water partition coefficient (Wildman–Crippen LogP) is 3.06. The highest BCUT2D eigenvalue weighted by Crippen LogP contribution is 2.18. The Bertz CT molecular complexity index is 757. The number of carbonyl (C=O) groups is 2. The lowest BCUT2D eigenvalue weighted by atomic mass is 10.1. The summed E-state index contributed by atoms with van der Waals surface area (Å²) in [6.45, 7) is 3.09. The van der Waals surface area contributed by atoms with Crippen LogP contribution in [0.15, 0.2) is 30.3 Å². The molecule has 1 saturated heterocycles. The van der Waals surface area contributed by atoms with Gasteiger partial charge in [0.1, 0.15) is 5.15 Å². The van der Waals surface area contributed by atoms with Crippen LogP contribution in [0.2, 0.25) is 5.15 Å². The third kappa shape index (κ3) is 3.45. The van der Waals surface area contributed by atoms with Gasteiger partial charge in [0.15, 0.2) is 6.10 Å². The van der Waals surface area contributed by atoms with Gasteiger partial charge in [-0.15, -0.1) is 0 Å². The Hall–Kier alpha value is -2.14. The summed E-state index contributed by atoms with van der Waals surface area (Å²) in [4.78, 5) is 30.3. The number of amides is 1. The van der Waals surface area contributed by atoms with E-state index in [2.05, 4.69) is 4.98 Å². The van der Waals surface area contributed by atoms with Crippen LogP contribution >= 0.6 is 11.6 Å². The van der Waals surface area contributed by atoms with E-state index in [1.165, 1.54) is 0 Å². The van der Waals surface area contributed by atoms with Crippen LogP contribution in [-0.4, -0.2) is 41.0 Å². The quantitative estimate of drug-likeness (QED) is 0.640. The molecule has 1 fully saturated rings. The van der Waals surface area contributed by atoms with E-state index in [9.17, 15) is 9.59 Å². The van der Waals surface area contributed by atoms with Crippen molar-refractivity contribution in [1.29, 1.82) is 0 Å². The molecule has 1 aliphatic rings. The van der Waals surface area contributed by atoms with Gasteiger partial charge in [-0.05, 0) is 50.1 Å². The van der Waals surface area contributed by atoms with Crippen LogP contribution < -0.4 is 0 Å². The molecule has 1 aromatic heterocycles. The van der Waals surface area contributed by atoms with Gasteiger partial charge >= 0.3 is 5.97 Å². The van der Waals surface area contributed by atoms with Gasteiger partial charge in [-0.3, -0.25) is 4.79 Å². The molecule has 1 aromatic carbocycles. The van der Waals surface area contributed by atoms with Crippen molar-refractivity contribution in [3.63, 3.8) is 0 Å². The van der Waals surface area contributed by atoms with Crippen molar-refractivity contribution in [1.82, 2.24) is 9.88 Å². The largest absolute Gasteiger partial charge is 0.449 e. The van der Waals surface area contributed by atoms with Crippen LogP contribution in [0.25, 0.3) is 10.9 Å². The van der Waals surface area contributed by atoms with Gasteiger partial charge in [0.2, 0.25) is 0 Å². The lowest BCUT2D eigenvalue weighted by Crippen LogP contribution is -2.38. The fraction of sp³-hybridized carbons (Fsp3) is 0.353. The van der Waals surface area contributed by atoms with Crippen molar-refractivity contribution in [3.05, 3.63) is 41.0 Å². The monoisotopic (exact) mass is 332 g/mol. The minimum absolute atomic E-state index is 0.134. The molecular formula is C17H17ClN2O3. The van der Waals surface area contributed by atoms with E-state index >= 15 is 0 Å². The smallest absolute Gasteiger partial charge is 0.338 e. The number of rotatable bonds is 3. The molecule has 2 aromatic rings. The first-order chi connectivity index (χ1) is 11.0. The topological polar surface area (TPSA) is 59.5 Å². The van der Waals surface area contributed by atoms with E-state index in [0.717, 1.165) is 31.3 Å². The highest BCUT2D eigenvalue weighted by molar-refractivity contribution is 6.29. The number of likely N-dealkylation sites (tertiary alicyclic amines) is 1. The molecule has 120 valence electrons. The maximum Gasteiger partial charge on any atom is 0.338 e. The zero-order valence-corrected chi connectivity index (χ0v) is 13.5. The van der Waals surface area contributed by atoms with Crippen LogP contribution in [0.3, 0.4) is 0 Å². The molecule has 1 amide bonds.